The summed E-state index contributed by atoms with van der Waals surface area (Å²) >= 11 is 0. The highest BCUT2D eigenvalue weighted by Gasteiger charge is 2.09. The quantitative estimate of drug-likeness (QED) is 0.900. The molecule has 0 spiro atoms. The number of carboxylic acid groups (broad SMARTS) is 1. The summed E-state index contributed by atoms with van der Waals surface area (Å²) in [5.74, 6) is -2.04. The molecule has 0 aliphatic heterocycles. The van der Waals surface area contributed by atoms with E-state index >= 15 is 0 Å². The number of carbonyl (C=O) groups is 1. The SMILES string of the molecule is O=C(O)c1cc(/C=C/c2cnccn2)ccc1F. The number of carboxylic acids is 1. The van der Waals surface area contributed by atoms with Crippen molar-refractivity contribution in [2.75, 3.05) is 0 Å². The van der Waals surface area contributed by atoms with Gasteiger partial charge in [0.1, 0.15) is 5.82 Å². The van der Waals surface area contributed by atoms with Crippen molar-refractivity contribution in [2.45, 2.75) is 0 Å². The lowest BCUT2D eigenvalue weighted by Gasteiger charge is -1.99. The van der Waals surface area contributed by atoms with Crippen LogP contribution in [-0.4, -0.2) is 21.0 Å². The largest absolute Gasteiger partial charge is 0.478 e. The van der Waals surface area contributed by atoms with Crippen LogP contribution in [0.5, 0.6) is 0 Å². The van der Waals surface area contributed by atoms with Crippen LogP contribution in [0.2, 0.25) is 0 Å². The topological polar surface area (TPSA) is 63.1 Å². The molecule has 1 heterocycles. The standard InChI is InChI=1S/C13H9FN2O2/c14-12-4-2-9(7-11(12)13(17)18)1-3-10-8-15-5-6-16-10/h1-8H,(H,17,18)/b3-1+. The molecular formula is C13H9FN2O2. The van der Waals surface area contributed by atoms with E-state index in [2.05, 4.69) is 9.97 Å². The van der Waals surface area contributed by atoms with E-state index in [1.54, 1.807) is 30.7 Å². The van der Waals surface area contributed by atoms with Crippen molar-refractivity contribution in [1.82, 2.24) is 9.97 Å². The average Bonchev–Trinajstić information content (AvgIpc) is 2.38. The van der Waals surface area contributed by atoms with Crippen LogP contribution in [0, 0.1) is 5.82 Å². The van der Waals surface area contributed by atoms with Crippen LogP contribution in [0.25, 0.3) is 12.2 Å². The molecule has 0 amide bonds. The van der Waals surface area contributed by atoms with Crippen LogP contribution in [-0.2, 0) is 0 Å². The Morgan fingerprint density at radius 1 is 1.28 bits per heavy atom. The van der Waals surface area contributed by atoms with Gasteiger partial charge in [-0.25, -0.2) is 9.18 Å². The lowest BCUT2D eigenvalue weighted by atomic mass is 10.1. The normalized spacial score (nSPS) is 10.7. The van der Waals surface area contributed by atoms with Crippen molar-refractivity contribution in [1.29, 1.82) is 0 Å². The minimum atomic E-state index is -1.29. The Morgan fingerprint density at radius 3 is 2.78 bits per heavy atom. The maximum Gasteiger partial charge on any atom is 0.338 e. The first-order valence-corrected chi connectivity index (χ1v) is 5.14. The molecule has 18 heavy (non-hydrogen) atoms. The van der Waals surface area contributed by atoms with Crippen molar-refractivity contribution in [3.8, 4) is 0 Å². The Morgan fingerprint density at radius 2 is 2.11 bits per heavy atom. The van der Waals surface area contributed by atoms with Crippen molar-refractivity contribution >= 4 is 18.1 Å². The number of nitrogens with zero attached hydrogens (tertiary/aromatic N) is 2. The molecule has 2 aromatic rings. The lowest BCUT2D eigenvalue weighted by Crippen LogP contribution is -2.00. The number of halogens is 1. The predicted octanol–water partition coefficient (Wildman–Crippen LogP) is 2.48. The Labute approximate surface area is 102 Å². The lowest BCUT2D eigenvalue weighted by molar-refractivity contribution is 0.0692. The van der Waals surface area contributed by atoms with Crippen LogP contribution in [0.1, 0.15) is 21.6 Å². The summed E-state index contributed by atoms with van der Waals surface area (Å²) in [5, 5.41) is 8.79. The van der Waals surface area contributed by atoms with E-state index < -0.39 is 11.8 Å². The summed E-state index contributed by atoms with van der Waals surface area (Å²) in [7, 11) is 0. The maximum absolute atomic E-state index is 13.2. The highest BCUT2D eigenvalue weighted by atomic mass is 19.1. The van der Waals surface area contributed by atoms with E-state index in [1.807, 2.05) is 0 Å². The van der Waals surface area contributed by atoms with Gasteiger partial charge in [0, 0.05) is 12.4 Å². The molecule has 1 aromatic heterocycles. The van der Waals surface area contributed by atoms with Crippen LogP contribution < -0.4 is 0 Å². The van der Waals surface area contributed by atoms with Gasteiger partial charge in [-0.05, 0) is 23.8 Å². The number of aromatic nitrogens is 2. The molecule has 0 fully saturated rings. The van der Waals surface area contributed by atoms with Gasteiger partial charge in [0.15, 0.2) is 0 Å². The summed E-state index contributed by atoms with van der Waals surface area (Å²) in [5.41, 5.74) is 0.870. The van der Waals surface area contributed by atoms with Crippen LogP contribution >= 0.6 is 0 Å². The molecule has 1 aromatic carbocycles. The number of benzene rings is 1. The van der Waals surface area contributed by atoms with E-state index in [-0.39, 0.29) is 5.56 Å². The second kappa shape index (κ2) is 5.18. The highest BCUT2D eigenvalue weighted by molar-refractivity contribution is 5.89. The smallest absolute Gasteiger partial charge is 0.338 e. The fourth-order valence-corrected chi connectivity index (χ4v) is 1.39. The Bertz CT molecular complexity index is 597. The zero-order valence-corrected chi connectivity index (χ0v) is 9.25. The van der Waals surface area contributed by atoms with Crippen LogP contribution in [0.15, 0.2) is 36.8 Å². The van der Waals surface area contributed by atoms with Crippen LogP contribution in [0.4, 0.5) is 4.39 Å². The van der Waals surface area contributed by atoms with Gasteiger partial charge in [-0.3, -0.25) is 9.97 Å². The molecule has 0 saturated carbocycles. The third-order valence-electron chi connectivity index (χ3n) is 2.25. The number of rotatable bonds is 3. The summed E-state index contributed by atoms with van der Waals surface area (Å²) in [6.07, 6.45) is 7.99. The summed E-state index contributed by atoms with van der Waals surface area (Å²) in [4.78, 5) is 18.7. The third kappa shape index (κ3) is 2.76. The minimum Gasteiger partial charge on any atom is -0.478 e. The maximum atomic E-state index is 13.2. The molecule has 90 valence electrons. The first-order chi connectivity index (χ1) is 8.66. The fraction of sp³-hybridized carbons (Fsp3) is 0. The zero-order chi connectivity index (χ0) is 13.0. The average molecular weight is 244 g/mol. The molecule has 2 rings (SSSR count). The van der Waals surface area contributed by atoms with Gasteiger partial charge < -0.3 is 5.11 Å². The number of hydrogen-bond donors (Lipinski definition) is 1. The first kappa shape index (κ1) is 11.9. The van der Waals surface area contributed by atoms with Gasteiger partial charge >= 0.3 is 5.97 Å². The van der Waals surface area contributed by atoms with Gasteiger partial charge in [0.25, 0.3) is 0 Å². The van der Waals surface area contributed by atoms with E-state index in [1.165, 1.54) is 12.1 Å². The van der Waals surface area contributed by atoms with E-state index in [0.29, 0.717) is 11.3 Å². The fourth-order valence-electron chi connectivity index (χ4n) is 1.39. The molecule has 5 heteroatoms. The van der Waals surface area contributed by atoms with Gasteiger partial charge in [-0.1, -0.05) is 12.1 Å². The van der Waals surface area contributed by atoms with Gasteiger partial charge in [-0.2, -0.15) is 0 Å². The highest BCUT2D eigenvalue weighted by Crippen LogP contribution is 2.13. The van der Waals surface area contributed by atoms with E-state index in [9.17, 15) is 9.18 Å². The third-order valence-corrected chi connectivity index (χ3v) is 2.25. The van der Waals surface area contributed by atoms with Crippen molar-refractivity contribution in [3.63, 3.8) is 0 Å². The van der Waals surface area contributed by atoms with Gasteiger partial charge in [-0.15, -0.1) is 0 Å². The second-order valence-corrected chi connectivity index (χ2v) is 3.51. The second-order valence-electron chi connectivity index (χ2n) is 3.51. The van der Waals surface area contributed by atoms with E-state index in [0.717, 1.165) is 6.07 Å². The zero-order valence-electron chi connectivity index (χ0n) is 9.25. The van der Waals surface area contributed by atoms with Crippen LogP contribution in [0.3, 0.4) is 0 Å². The Hall–Kier alpha value is -2.56. The molecule has 0 aliphatic carbocycles. The molecular weight excluding hydrogens is 235 g/mol. The van der Waals surface area contributed by atoms with Gasteiger partial charge in [0.2, 0.25) is 0 Å². The number of hydrogen-bond acceptors (Lipinski definition) is 3. The summed E-state index contributed by atoms with van der Waals surface area (Å²) in [6.45, 7) is 0. The molecule has 0 atom stereocenters. The molecule has 4 nitrogen and oxygen atoms in total. The Kier molecular flexibility index (Phi) is 3.43. The number of aromatic carboxylic acids is 1. The predicted molar refractivity (Wildman–Crippen MR) is 64.3 cm³/mol. The molecule has 0 saturated heterocycles. The summed E-state index contributed by atoms with van der Waals surface area (Å²) in [6, 6.07) is 3.89. The summed E-state index contributed by atoms with van der Waals surface area (Å²) < 4.78 is 13.2. The Balaban J connectivity index is 2.28. The van der Waals surface area contributed by atoms with Gasteiger partial charge in [0.05, 0.1) is 17.5 Å². The first-order valence-electron chi connectivity index (χ1n) is 5.14. The minimum absolute atomic E-state index is 0.351. The van der Waals surface area contributed by atoms with E-state index in [4.69, 9.17) is 5.11 Å². The van der Waals surface area contributed by atoms with Crippen molar-refractivity contribution < 1.29 is 14.3 Å². The van der Waals surface area contributed by atoms with Crippen molar-refractivity contribution in [2.24, 2.45) is 0 Å². The molecule has 0 aliphatic rings. The molecule has 0 radical (unpaired) electrons. The van der Waals surface area contributed by atoms with Crippen molar-refractivity contribution in [3.05, 3.63) is 59.4 Å². The molecule has 0 unspecified atom stereocenters. The molecule has 0 bridgehead atoms. The monoisotopic (exact) mass is 244 g/mol. The molecule has 1 N–H and O–H groups in total.